The predicted octanol–water partition coefficient (Wildman–Crippen LogP) is 1.18. The van der Waals surface area contributed by atoms with E-state index in [1.807, 2.05) is 38.1 Å². The van der Waals surface area contributed by atoms with Crippen LogP contribution in [0.1, 0.15) is 21.6 Å². The van der Waals surface area contributed by atoms with Gasteiger partial charge in [-0.05, 0) is 50.3 Å². The molecule has 0 saturated carbocycles. The van der Waals surface area contributed by atoms with Crippen LogP contribution in [-0.4, -0.2) is 52.3 Å². The zero-order valence-corrected chi connectivity index (χ0v) is 17.6. The van der Waals surface area contributed by atoms with Gasteiger partial charge >= 0.3 is 5.69 Å². The Labute approximate surface area is 178 Å². The van der Waals surface area contributed by atoms with Gasteiger partial charge in [-0.3, -0.25) is 14.2 Å². The van der Waals surface area contributed by atoms with Crippen molar-refractivity contribution in [1.29, 1.82) is 0 Å². The van der Waals surface area contributed by atoms with Crippen LogP contribution in [0, 0.1) is 12.7 Å². The molecule has 0 bridgehead atoms. The van der Waals surface area contributed by atoms with Crippen molar-refractivity contribution in [3.05, 3.63) is 92.0 Å². The Bertz CT molecular complexity index is 1220. The summed E-state index contributed by atoms with van der Waals surface area (Å²) in [6.07, 6.45) is 0. The average Bonchev–Trinajstić information content (AvgIpc) is 2.72. The summed E-state index contributed by atoms with van der Waals surface area (Å²) in [5, 5.41) is 6.62. The first-order valence-electron chi connectivity index (χ1n) is 9.75. The number of carbonyl (C=O) groups excluding carboxylic acids is 1. The maximum Gasteiger partial charge on any atom is 0.352 e. The van der Waals surface area contributed by atoms with Crippen LogP contribution in [0.5, 0.6) is 0 Å². The first kappa shape index (κ1) is 22.1. The summed E-state index contributed by atoms with van der Waals surface area (Å²) < 4.78 is 15.6. The molecule has 1 amide bonds. The first-order valence-corrected chi connectivity index (χ1v) is 9.75. The third-order valence-electron chi connectivity index (χ3n) is 4.76. The van der Waals surface area contributed by atoms with Gasteiger partial charge in [0, 0.05) is 13.1 Å². The number of aromatic nitrogens is 3. The highest BCUT2D eigenvalue weighted by Crippen LogP contribution is 2.09. The normalized spacial score (nSPS) is 11.0. The van der Waals surface area contributed by atoms with Crippen LogP contribution in [0.3, 0.4) is 0 Å². The summed E-state index contributed by atoms with van der Waals surface area (Å²) in [7, 11) is 3.70. The number of amides is 1. The highest BCUT2D eigenvalue weighted by atomic mass is 19.1. The van der Waals surface area contributed by atoms with E-state index in [0.717, 1.165) is 26.4 Å². The zero-order chi connectivity index (χ0) is 22.5. The molecule has 2 aromatic carbocycles. The minimum absolute atomic E-state index is 0.0415. The van der Waals surface area contributed by atoms with E-state index in [1.165, 1.54) is 18.2 Å². The number of rotatable bonds is 7. The largest absolute Gasteiger partial charge is 0.352 e. The Balaban J connectivity index is 2.13. The third-order valence-corrected chi connectivity index (χ3v) is 4.76. The van der Waals surface area contributed by atoms with Crippen LogP contribution < -0.4 is 16.6 Å². The van der Waals surface area contributed by atoms with Crippen LogP contribution in [0.4, 0.5) is 4.39 Å². The first-order chi connectivity index (χ1) is 14.8. The van der Waals surface area contributed by atoms with Crippen LogP contribution in [0.15, 0.2) is 58.1 Å². The van der Waals surface area contributed by atoms with Gasteiger partial charge in [-0.2, -0.15) is 9.78 Å². The molecular weight excluding hydrogens is 401 g/mol. The summed E-state index contributed by atoms with van der Waals surface area (Å²) in [5.41, 5.74) is -0.244. The number of carbonyl (C=O) groups is 1. The van der Waals surface area contributed by atoms with Crippen LogP contribution in [0.25, 0.3) is 5.69 Å². The molecule has 3 aromatic rings. The van der Waals surface area contributed by atoms with Gasteiger partial charge in [0.25, 0.3) is 11.5 Å². The molecule has 0 unspecified atom stereocenters. The molecule has 0 aliphatic rings. The quantitative estimate of drug-likeness (QED) is 0.614. The highest BCUT2D eigenvalue weighted by molar-refractivity contribution is 5.91. The van der Waals surface area contributed by atoms with Gasteiger partial charge in [-0.25, -0.2) is 9.18 Å². The summed E-state index contributed by atoms with van der Waals surface area (Å²) >= 11 is 0. The molecule has 8 nitrogen and oxygen atoms in total. The van der Waals surface area contributed by atoms with E-state index in [9.17, 15) is 18.8 Å². The minimum atomic E-state index is -0.803. The van der Waals surface area contributed by atoms with Gasteiger partial charge in [-0.15, -0.1) is 0 Å². The van der Waals surface area contributed by atoms with Crippen molar-refractivity contribution in [3.8, 4) is 5.69 Å². The summed E-state index contributed by atoms with van der Waals surface area (Å²) in [5.74, 6) is -1.27. The molecule has 0 atom stereocenters. The standard InChI is InChI=1S/C22H24FN5O3/c1-15-7-4-5-8-16(15)14-27-21(30)19(20(29)24-11-12-26(2)3)25-28(22(27)31)18-10-6-9-17(23)13-18/h4-10,13H,11-12,14H2,1-3H3,(H,24,29). The molecular formula is C22H24FN5O3. The lowest BCUT2D eigenvalue weighted by molar-refractivity contribution is 0.0941. The molecule has 9 heteroatoms. The van der Waals surface area contributed by atoms with Crippen molar-refractivity contribution in [2.24, 2.45) is 0 Å². The lowest BCUT2D eigenvalue weighted by Gasteiger charge is -2.14. The van der Waals surface area contributed by atoms with Crippen molar-refractivity contribution >= 4 is 5.91 Å². The molecule has 31 heavy (non-hydrogen) atoms. The summed E-state index contributed by atoms with van der Waals surface area (Å²) in [6.45, 7) is 2.68. The van der Waals surface area contributed by atoms with E-state index < -0.39 is 28.7 Å². The highest BCUT2D eigenvalue weighted by Gasteiger charge is 2.20. The van der Waals surface area contributed by atoms with Crippen molar-refractivity contribution in [3.63, 3.8) is 0 Å². The fraction of sp³-hybridized carbons (Fsp3) is 0.273. The molecule has 0 saturated heterocycles. The third kappa shape index (κ3) is 5.13. The molecule has 1 N–H and O–H groups in total. The van der Waals surface area contributed by atoms with Gasteiger partial charge in [0.2, 0.25) is 5.69 Å². The second kappa shape index (κ2) is 9.48. The van der Waals surface area contributed by atoms with Gasteiger partial charge in [-0.1, -0.05) is 30.3 Å². The van der Waals surface area contributed by atoms with Crippen molar-refractivity contribution in [2.45, 2.75) is 13.5 Å². The molecule has 0 radical (unpaired) electrons. The van der Waals surface area contributed by atoms with Crippen molar-refractivity contribution in [1.82, 2.24) is 24.6 Å². The molecule has 1 heterocycles. The maximum atomic E-state index is 13.8. The number of benzene rings is 2. The van der Waals surface area contributed by atoms with Crippen LogP contribution in [0.2, 0.25) is 0 Å². The number of nitrogens with one attached hydrogen (secondary N) is 1. The number of nitrogens with zero attached hydrogens (tertiary/aromatic N) is 4. The molecule has 1 aromatic heterocycles. The number of hydrogen-bond donors (Lipinski definition) is 1. The van der Waals surface area contributed by atoms with Crippen LogP contribution >= 0.6 is 0 Å². The number of aryl methyl sites for hydroxylation is 1. The topological polar surface area (TPSA) is 89.2 Å². The Hall–Kier alpha value is -3.59. The van der Waals surface area contributed by atoms with E-state index in [4.69, 9.17) is 0 Å². The van der Waals surface area contributed by atoms with E-state index in [1.54, 1.807) is 12.1 Å². The second-order valence-corrected chi connectivity index (χ2v) is 7.40. The average molecular weight is 425 g/mol. The predicted molar refractivity (Wildman–Crippen MR) is 115 cm³/mol. The molecule has 0 aliphatic heterocycles. The molecule has 162 valence electrons. The second-order valence-electron chi connectivity index (χ2n) is 7.40. The van der Waals surface area contributed by atoms with E-state index in [0.29, 0.717) is 13.1 Å². The lowest BCUT2D eigenvalue weighted by atomic mass is 10.1. The molecule has 0 spiro atoms. The molecule has 3 rings (SSSR count). The number of hydrogen-bond acceptors (Lipinski definition) is 5. The summed E-state index contributed by atoms with van der Waals surface area (Å²) in [6, 6.07) is 12.6. The Morgan fingerprint density at radius 2 is 1.87 bits per heavy atom. The lowest BCUT2D eigenvalue weighted by Crippen LogP contribution is -2.46. The monoisotopic (exact) mass is 425 g/mol. The van der Waals surface area contributed by atoms with Crippen molar-refractivity contribution < 1.29 is 9.18 Å². The SMILES string of the molecule is Cc1ccccc1Cn1c(=O)c(C(=O)NCCN(C)C)nn(-c2cccc(F)c2)c1=O. The Morgan fingerprint density at radius 1 is 1.13 bits per heavy atom. The summed E-state index contributed by atoms with van der Waals surface area (Å²) in [4.78, 5) is 40.7. The van der Waals surface area contributed by atoms with Crippen molar-refractivity contribution in [2.75, 3.05) is 27.2 Å². The smallest absolute Gasteiger partial charge is 0.349 e. The Morgan fingerprint density at radius 3 is 2.55 bits per heavy atom. The van der Waals surface area contributed by atoms with Crippen LogP contribution in [-0.2, 0) is 6.54 Å². The molecule has 0 aliphatic carbocycles. The molecule has 0 fully saturated rings. The van der Waals surface area contributed by atoms with Gasteiger partial charge in [0.1, 0.15) is 5.82 Å². The Kier molecular flexibility index (Phi) is 6.76. The van der Waals surface area contributed by atoms with E-state index >= 15 is 0 Å². The number of likely N-dealkylation sites (N-methyl/N-ethyl adjacent to an activating group) is 1. The fourth-order valence-electron chi connectivity index (χ4n) is 3.01. The minimum Gasteiger partial charge on any atom is -0.349 e. The van der Waals surface area contributed by atoms with E-state index in [-0.39, 0.29) is 12.2 Å². The maximum absolute atomic E-state index is 13.8. The zero-order valence-electron chi connectivity index (χ0n) is 17.6. The number of halogens is 1. The van der Waals surface area contributed by atoms with Gasteiger partial charge in [0.15, 0.2) is 0 Å². The van der Waals surface area contributed by atoms with E-state index in [2.05, 4.69) is 10.4 Å². The fourth-order valence-corrected chi connectivity index (χ4v) is 3.01. The van der Waals surface area contributed by atoms with Gasteiger partial charge < -0.3 is 10.2 Å². The van der Waals surface area contributed by atoms with Gasteiger partial charge in [0.05, 0.1) is 12.2 Å².